The third-order valence-corrected chi connectivity index (χ3v) is 5.64. The third kappa shape index (κ3) is 6.18. The molecule has 7 nitrogen and oxygen atoms in total. The first-order valence-electron chi connectivity index (χ1n) is 12.1. The molecular formula is C29H30N4O3. The average Bonchev–Trinajstić information content (AvgIpc) is 3.33. The molecule has 4 aromatic rings. The summed E-state index contributed by atoms with van der Waals surface area (Å²) in [6.07, 6.45) is 2.20. The minimum absolute atomic E-state index is 0.0753. The molecule has 0 saturated carbocycles. The van der Waals surface area contributed by atoms with E-state index < -0.39 is 0 Å². The normalized spacial score (nSPS) is 10.6. The number of aromatic nitrogens is 2. The van der Waals surface area contributed by atoms with Crippen LogP contribution in [0.15, 0.2) is 91.1 Å². The summed E-state index contributed by atoms with van der Waals surface area (Å²) < 4.78 is 7.49. The Bertz CT molecular complexity index is 1300. The average molecular weight is 483 g/mol. The second-order valence-corrected chi connectivity index (χ2v) is 8.25. The summed E-state index contributed by atoms with van der Waals surface area (Å²) in [6.45, 7) is 4.56. The van der Waals surface area contributed by atoms with Crippen molar-refractivity contribution in [3.63, 3.8) is 0 Å². The number of rotatable bonds is 10. The van der Waals surface area contributed by atoms with Crippen LogP contribution in [0, 0.1) is 0 Å². The highest BCUT2D eigenvalue weighted by molar-refractivity contribution is 5.93. The Morgan fingerprint density at radius 2 is 1.67 bits per heavy atom. The summed E-state index contributed by atoms with van der Waals surface area (Å²) >= 11 is 0. The van der Waals surface area contributed by atoms with Crippen LogP contribution in [-0.4, -0.2) is 39.4 Å². The Kier molecular flexibility index (Phi) is 8.13. The molecule has 0 bridgehead atoms. The number of imidazole rings is 1. The van der Waals surface area contributed by atoms with Crippen molar-refractivity contribution in [1.82, 2.24) is 14.5 Å². The summed E-state index contributed by atoms with van der Waals surface area (Å²) in [4.78, 5) is 32.0. The van der Waals surface area contributed by atoms with Crippen molar-refractivity contribution in [2.75, 3.05) is 18.5 Å². The van der Waals surface area contributed by atoms with Crippen LogP contribution in [0.4, 0.5) is 5.95 Å². The fourth-order valence-corrected chi connectivity index (χ4v) is 3.90. The topological polar surface area (TPSA) is 76.5 Å². The SMILES string of the molecule is CCOc1cccc(-n2cc(-c3ccccc3)nc2NC(=O)CN(Cc2ccccc2)C(=O)CC)c1. The van der Waals surface area contributed by atoms with E-state index in [4.69, 9.17) is 9.72 Å². The number of benzene rings is 3. The minimum Gasteiger partial charge on any atom is -0.494 e. The van der Waals surface area contributed by atoms with Gasteiger partial charge < -0.3 is 9.64 Å². The molecule has 4 rings (SSSR count). The van der Waals surface area contributed by atoms with E-state index in [-0.39, 0.29) is 18.4 Å². The molecule has 1 heterocycles. The molecule has 0 aliphatic rings. The van der Waals surface area contributed by atoms with E-state index >= 15 is 0 Å². The fraction of sp³-hybridized carbons (Fsp3) is 0.207. The Balaban J connectivity index is 1.61. The zero-order chi connectivity index (χ0) is 25.3. The lowest BCUT2D eigenvalue weighted by molar-refractivity contribution is -0.135. The summed E-state index contributed by atoms with van der Waals surface area (Å²) in [7, 11) is 0. The molecule has 36 heavy (non-hydrogen) atoms. The molecule has 3 aromatic carbocycles. The molecular weight excluding hydrogens is 452 g/mol. The van der Waals surface area contributed by atoms with Gasteiger partial charge in [-0.3, -0.25) is 19.5 Å². The number of ether oxygens (including phenoxy) is 1. The minimum atomic E-state index is -0.319. The Morgan fingerprint density at radius 1 is 0.944 bits per heavy atom. The second kappa shape index (κ2) is 11.8. The van der Waals surface area contributed by atoms with Crippen LogP contribution < -0.4 is 10.1 Å². The number of carbonyl (C=O) groups is 2. The summed E-state index contributed by atoms with van der Waals surface area (Å²) in [5.41, 5.74) is 3.42. The lowest BCUT2D eigenvalue weighted by atomic mass is 10.2. The molecule has 1 aromatic heterocycles. The smallest absolute Gasteiger partial charge is 0.246 e. The van der Waals surface area contributed by atoms with Crippen LogP contribution in [0.3, 0.4) is 0 Å². The van der Waals surface area contributed by atoms with Gasteiger partial charge in [0.1, 0.15) is 12.3 Å². The van der Waals surface area contributed by atoms with Gasteiger partial charge in [-0.2, -0.15) is 0 Å². The van der Waals surface area contributed by atoms with E-state index in [2.05, 4.69) is 5.32 Å². The van der Waals surface area contributed by atoms with Gasteiger partial charge in [0.15, 0.2) is 0 Å². The first kappa shape index (κ1) is 24.7. The highest BCUT2D eigenvalue weighted by atomic mass is 16.5. The van der Waals surface area contributed by atoms with Crippen LogP contribution in [0.5, 0.6) is 5.75 Å². The molecule has 2 amide bonds. The highest BCUT2D eigenvalue weighted by Crippen LogP contribution is 2.26. The molecule has 0 atom stereocenters. The molecule has 7 heteroatoms. The zero-order valence-corrected chi connectivity index (χ0v) is 20.6. The molecule has 0 spiro atoms. The largest absolute Gasteiger partial charge is 0.494 e. The maximum atomic E-state index is 13.1. The quantitative estimate of drug-likeness (QED) is 0.332. The molecule has 0 saturated heterocycles. The van der Waals surface area contributed by atoms with E-state index in [0.29, 0.717) is 25.5 Å². The Labute approximate surface area is 211 Å². The first-order chi connectivity index (χ1) is 17.6. The van der Waals surface area contributed by atoms with Gasteiger partial charge in [-0.05, 0) is 24.6 Å². The number of nitrogens with zero attached hydrogens (tertiary/aromatic N) is 3. The second-order valence-electron chi connectivity index (χ2n) is 8.25. The molecule has 0 aliphatic heterocycles. The van der Waals surface area contributed by atoms with Gasteiger partial charge >= 0.3 is 0 Å². The number of anilines is 1. The number of amides is 2. The van der Waals surface area contributed by atoms with Crippen molar-refractivity contribution in [3.05, 3.63) is 96.7 Å². The lowest BCUT2D eigenvalue weighted by Gasteiger charge is -2.22. The fourth-order valence-electron chi connectivity index (χ4n) is 3.90. The zero-order valence-electron chi connectivity index (χ0n) is 20.6. The monoisotopic (exact) mass is 482 g/mol. The number of nitrogens with one attached hydrogen (secondary N) is 1. The lowest BCUT2D eigenvalue weighted by Crippen LogP contribution is -2.37. The summed E-state index contributed by atoms with van der Waals surface area (Å²) in [5, 5.41) is 2.92. The molecule has 184 valence electrons. The van der Waals surface area contributed by atoms with Crippen molar-refractivity contribution in [1.29, 1.82) is 0 Å². The van der Waals surface area contributed by atoms with Crippen LogP contribution in [0.2, 0.25) is 0 Å². The third-order valence-electron chi connectivity index (χ3n) is 5.64. The van der Waals surface area contributed by atoms with Gasteiger partial charge in [0, 0.05) is 30.8 Å². The van der Waals surface area contributed by atoms with Gasteiger partial charge in [-0.15, -0.1) is 0 Å². The van der Waals surface area contributed by atoms with Gasteiger partial charge in [0.05, 0.1) is 18.0 Å². The van der Waals surface area contributed by atoms with E-state index in [0.717, 1.165) is 28.3 Å². The molecule has 0 aliphatic carbocycles. The van der Waals surface area contributed by atoms with Crippen LogP contribution >= 0.6 is 0 Å². The number of hydrogen-bond acceptors (Lipinski definition) is 4. The maximum Gasteiger partial charge on any atom is 0.246 e. The van der Waals surface area contributed by atoms with E-state index in [1.54, 1.807) is 11.8 Å². The van der Waals surface area contributed by atoms with Crippen LogP contribution in [-0.2, 0) is 16.1 Å². The predicted molar refractivity (Wildman–Crippen MR) is 141 cm³/mol. The van der Waals surface area contributed by atoms with Crippen LogP contribution in [0.1, 0.15) is 25.8 Å². The van der Waals surface area contributed by atoms with Crippen LogP contribution in [0.25, 0.3) is 16.9 Å². The predicted octanol–water partition coefficient (Wildman–Crippen LogP) is 5.32. The molecule has 1 N–H and O–H groups in total. The number of carbonyl (C=O) groups excluding carboxylic acids is 2. The van der Waals surface area contributed by atoms with Crippen molar-refractivity contribution < 1.29 is 14.3 Å². The van der Waals surface area contributed by atoms with Gasteiger partial charge in [-0.25, -0.2) is 4.98 Å². The summed E-state index contributed by atoms with van der Waals surface area (Å²) in [5.74, 6) is 0.688. The van der Waals surface area contributed by atoms with E-state index in [9.17, 15) is 9.59 Å². The Morgan fingerprint density at radius 3 is 2.36 bits per heavy atom. The van der Waals surface area contributed by atoms with Gasteiger partial charge in [0.25, 0.3) is 0 Å². The van der Waals surface area contributed by atoms with Gasteiger partial charge in [0.2, 0.25) is 17.8 Å². The van der Waals surface area contributed by atoms with E-state index in [1.165, 1.54) is 0 Å². The maximum absolute atomic E-state index is 13.1. The highest BCUT2D eigenvalue weighted by Gasteiger charge is 2.19. The number of hydrogen-bond donors (Lipinski definition) is 1. The molecule has 0 fully saturated rings. The van der Waals surface area contributed by atoms with Crippen molar-refractivity contribution in [3.8, 4) is 22.7 Å². The first-order valence-corrected chi connectivity index (χ1v) is 12.1. The summed E-state index contributed by atoms with van der Waals surface area (Å²) in [6, 6.07) is 27.0. The standard InChI is InChI=1S/C29H30N4O3/c1-3-28(35)32(19-22-12-7-5-8-13-22)21-27(34)31-29-30-26(23-14-9-6-10-15-23)20-33(29)24-16-11-17-25(18-24)36-4-2/h5-18,20H,3-4,19,21H2,1-2H3,(H,30,31,34). The molecule has 0 unspecified atom stereocenters. The van der Waals surface area contributed by atoms with Crippen molar-refractivity contribution >= 4 is 17.8 Å². The van der Waals surface area contributed by atoms with Crippen molar-refractivity contribution in [2.45, 2.75) is 26.8 Å². The molecule has 0 radical (unpaired) electrons. The van der Waals surface area contributed by atoms with Crippen molar-refractivity contribution in [2.24, 2.45) is 0 Å². The Hall–Kier alpha value is -4.39. The van der Waals surface area contributed by atoms with E-state index in [1.807, 2.05) is 103 Å². The van der Waals surface area contributed by atoms with Gasteiger partial charge in [-0.1, -0.05) is 73.7 Å².